The zero-order chi connectivity index (χ0) is 10.3. The highest BCUT2D eigenvalue weighted by atomic mass is 15.3. The number of rotatable bonds is 5. The Hall–Kier alpha value is -1.91. The van der Waals surface area contributed by atoms with E-state index >= 15 is 0 Å². The second-order valence-electron chi connectivity index (χ2n) is 3.14. The molecule has 2 rings (SSSR count). The minimum atomic E-state index is 0.818. The van der Waals surface area contributed by atoms with Crippen LogP contribution in [0.2, 0.25) is 0 Å². The van der Waals surface area contributed by atoms with Crippen molar-refractivity contribution >= 4 is 5.82 Å². The Labute approximate surface area is 88.2 Å². The van der Waals surface area contributed by atoms with Gasteiger partial charge in [-0.2, -0.15) is 5.10 Å². The molecule has 2 aromatic heterocycles. The van der Waals surface area contributed by atoms with Crippen LogP contribution in [0.3, 0.4) is 0 Å². The van der Waals surface area contributed by atoms with Crippen molar-refractivity contribution in [2.24, 2.45) is 0 Å². The predicted molar refractivity (Wildman–Crippen MR) is 57.4 cm³/mol. The second-order valence-corrected chi connectivity index (χ2v) is 3.14. The zero-order valence-corrected chi connectivity index (χ0v) is 8.37. The molecule has 0 spiro atoms. The summed E-state index contributed by atoms with van der Waals surface area (Å²) in [5.41, 5.74) is 0. The molecular weight excluding hydrogens is 190 g/mol. The van der Waals surface area contributed by atoms with Crippen molar-refractivity contribution in [1.82, 2.24) is 19.7 Å². The van der Waals surface area contributed by atoms with Crippen LogP contribution in [0, 0.1) is 0 Å². The standard InChI is InChI=1S/C10H13N5/c1(7-15-8-2-4-14-15)3-12-10-9-11-5-6-13-10/h2,4-6,8-9H,1,3,7H2,(H,12,13). The van der Waals surface area contributed by atoms with Gasteiger partial charge in [0.1, 0.15) is 5.82 Å². The van der Waals surface area contributed by atoms with Crippen LogP contribution < -0.4 is 5.32 Å². The first-order valence-electron chi connectivity index (χ1n) is 4.92. The third-order valence-corrected chi connectivity index (χ3v) is 1.99. The third-order valence-electron chi connectivity index (χ3n) is 1.99. The van der Waals surface area contributed by atoms with E-state index in [4.69, 9.17) is 0 Å². The highest BCUT2D eigenvalue weighted by molar-refractivity contribution is 5.29. The van der Waals surface area contributed by atoms with Gasteiger partial charge in [0.05, 0.1) is 6.20 Å². The Bertz CT molecular complexity index is 370. The molecule has 0 aliphatic heterocycles. The molecule has 0 aliphatic carbocycles. The molecule has 0 radical (unpaired) electrons. The van der Waals surface area contributed by atoms with E-state index in [-0.39, 0.29) is 0 Å². The van der Waals surface area contributed by atoms with E-state index in [9.17, 15) is 0 Å². The first-order chi connectivity index (χ1) is 7.45. The normalized spacial score (nSPS) is 10.1. The molecule has 0 aliphatic rings. The van der Waals surface area contributed by atoms with Crippen LogP contribution in [0.4, 0.5) is 5.82 Å². The first kappa shape index (κ1) is 9.64. The van der Waals surface area contributed by atoms with Crippen molar-refractivity contribution in [3.05, 3.63) is 37.1 Å². The average Bonchev–Trinajstić information content (AvgIpc) is 2.79. The maximum absolute atomic E-state index is 4.12. The number of hydrogen-bond acceptors (Lipinski definition) is 4. The van der Waals surface area contributed by atoms with Crippen molar-refractivity contribution in [2.75, 3.05) is 11.9 Å². The summed E-state index contributed by atoms with van der Waals surface area (Å²) in [6.45, 7) is 1.79. The van der Waals surface area contributed by atoms with E-state index in [0.29, 0.717) is 0 Å². The van der Waals surface area contributed by atoms with Crippen LogP contribution in [0.5, 0.6) is 0 Å². The van der Waals surface area contributed by atoms with Gasteiger partial charge < -0.3 is 5.32 Å². The summed E-state index contributed by atoms with van der Waals surface area (Å²) in [4.78, 5) is 8.09. The maximum atomic E-state index is 4.12. The fourth-order valence-electron chi connectivity index (χ4n) is 1.28. The Balaban J connectivity index is 1.68. The topological polar surface area (TPSA) is 55.6 Å². The highest BCUT2D eigenvalue weighted by Gasteiger charge is 1.93. The van der Waals surface area contributed by atoms with E-state index in [1.54, 1.807) is 24.8 Å². The summed E-state index contributed by atoms with van der Waals surface area (Å²) >= 11 is 0. The van der Waals surface area contributed by atoms with E-state index in [1.165, 1.54) is 0 Å². The number of nitrogens with zero attached hydrogens (tertiary/aromatic N) is 4. The molecule has 0 aromatic carbocycles. The lowest BCUT2D eigenvalue weighted by molar-refractivity contribution is 0.591. The monoisotopic (exact) mass is 203 g/mol. The minimum Gasteiger partial charge on any atom is -0.369 e. The fourth-order valence-corrected chi connectivity index (χ4v) is 1.28. The molecule has 2 heterocycles. The molecule has 0 bridgehead atoms. The van der Waals surface area contributed by atoms with Crippen LogP contribution in [-0.4, -0.2) is 26.3 Å². The number of anilines is 1. The van der Waals surface area contributed by atoms with Gasteiger partial charge in [0.15, 0.2) is 0 Å². The number of nitrogens with one attached hydrogen (secondary N) is 1. The summed E-state index contributed by atoms with van der Waals surface area (Å²) in [7, 11) is 0. The summed E-state index contributed by atoms with van der Waals surface area (Å²) < 4.78 is 1.92. The van der Waals surface area contributed by atoms with Gasteiger partial charge in [0, 0.05) is 37.9 Å². The van der Waals surface area contributed by atoms with Gasteiger partial charge in [-0.05, 0) is 12.5 Å². The predicted octanol–water partition coefficient (Wildman–Crippen LogP) is 1.18. The number of hydrogen-bond donors (Lipinski definition) is 1. The van der Waals surface area contributed by atoms with Crippen LogP contribution in [0.15, 0.2) is 37.1 Å². The molecule has 5 nitrogen and oxygen atoms in total. The molecular formula is C10H13N5. The maximum Gasteiger partial charge on any atom is 0.144 e. The Kier molecular flexibility index (Phi) is 3.27. The number of aromatic nitrogens is 4. The minimum absolute atomic E-state index is 0.818. The molecule has 0 amide bonds. The van der Waals surface area contributed by atoms with Crippen molar-refractivity contribution in [3.8, 4) is 0 Å². The SMILES string of the molecule is c1cnn(CCCNc2cnccn2)c1. The smallest absolute Gasteiger partial charge is 0.144 e. The fraction of sp³-hybridized carbons (Fsp3) is 0.300. The largest absolute Gasteiger partial charge is 0.369 e. The van der Waals surface area contributed by atoms with Gasteiger partial charge in [0.2, 0.25) is 0 Å². The van der Waals surface area contributed by atoms with Crippen LogP contribution in [0.25, 0.3) is 0 Å². The molecule has 2 aromatic rings. The summed E-state index contributed by atoms with van der Waals surface area (Å²) in [6, 6.07) is 1.93. The molecule has 0 fully saturated rings. The third kappa shape index (κ3) is 3.05. The zero-order valence-electron chi connectivity index (χ0n) is 8.37. The van der Waals surface area contributed by atoms with Gasteiger partial charge in [-0.1, -0.05) is 0 Å². The van der Waals surface area contributed by atoms with Crippen LogP contribution >= 0.6 is 0 Å². The van der Waals surface area contributed by atoms with Crippen molar-refractivity contribution in [2.45, 2.75) is 13.0 Å². The van der Waals surface area contributed by atoms with E-state index in [0.717, 1.165) is 25.3 Å². The van der Waals surface area contributed by atoms with Crippen LogP contribution in [-0.2, 0) is 6.54 Å². The van der Waals surface area contributed by atoms with Gasteiger partial charge in [-0.3, -0.25) is 9.67 Å². The summed E-state index contributed by atoms with van der Waals surface area (Å²) in [6.07, 6.45) is 9.81. The van der Waals surface area contributed by atoms with E-state index in [1.807, 2.05) is 16.9 Å². The number of aryl methyl sites for hydroxylation is 1. The molecule has 5 heteroatoms. The molecule has 1 N–H and O–H groups in total. The summed E-state index contributed by atoms with van der Waals surface area (Å²) in [5, 5.41) is 7.31. The van der Waals surface area contributed by atoms with Gasteiger partial charge in [-0.25, -0.2) is 4.98 Å². The second kappa shape index (κ2) is 5.09. The lowest BCUT2D eigenvalue weighted by Gasteiger charge is -2.04. The Morgan fingerprint density at radius 2 is 2.27 bits per heavy atom. The quantitative estimate of drug-likeness (QED) is 0.741. The molecule has 78 valence electrons. The first-order valence-corrected chi connectivity index (χ1v) is 4.92. The lowest BCUT2D eigenvalue weighted by atomic mass is 10.4. The van der Waals surface area contributed by atoms with Crippen molar-refractivity contribution < 1.29 is 0 Å². The summed E-state index contributed by atoms with van der Waals surface area (Å²) in [5.74, 6) is 0.818. The van der Waals surface area contributed by atoms with E-state index < -0.39 is 0 Å². The van der Waals surface area contributed by atoms with Gasteiger partial charge >= 0.3 is 0 Å². The lowest BCUT2D eigenvalue weighted by Crippen LogP contribution is -2.07. The van der Waals surface area contributed by atoms with Crippen LogP contribution in [0.1, 0.15) is 6.42 Å². The molecule has 0 atom stereocenters. The molecule has 0 saturated heterocycles. The Morgan fingerprint density at radius 3 is 3.00 bits per heavy atom. The van der Waals surface area contributed by atoms with Gasteiger partial charge in [-0.15, -0.1) is 0 Å². The van der Waals surface area contributed by atoms with Crippen molar-refractivity contribution in [1.29, 1.82) is 0 Å². The molecule has 15 heavy (non-hydrogen) atoms. The molecule has 0 unspecified atom stereocenters. The van der Waals surface area contributed by atoms with E-state index in [2.05, 4.69) is 20.4 Å². The molecule has 0 saturated carbocycles. The van der Waals surface area contributed by atoms with Crippen molar-refractivity contribution in [3.63, 3.8) is 0 Å². The Morgan fingerprint density at radius 1 is 1.27 bits per heavy atom. The average molecular weight is 203 g/mol. The van der Waals surface area contributed by atoms with Gasteiger partial charge in [0.25, 0.3) is 0 Å². The highest BCUT2D eigenvalue weighted by Crippen LogP contribution is 1.97.